The molecule has 0 saturated heterocycles. The van der Waals surface area contributed by atoms with E-state index in [0.717, 1.165) is 5.69 Å². The van der Waals surface area contributed by atoms with Gasteiger partial charge in [-0.25, -0.2) is 14.3 Å². The molecule has 7 nitrogen and oxygen atoms in total. The highest BCUT2D eigenvalue weighted by Gasteiger charge is 2.17. The van der Waals surface area contributed by atoms with E-state index in [1.807, 2.05) is 6.07 Å². The van der Waals surface area contributed by atoms with Crippen LogP contribution in [0.25, 0.3) is 5.69 Å². The van der Waals surface area contributed by atoms with E-state index < -0.39 is 11.9 Å². The van der Waals surface area contributed by atoms with Crippen LogP contribution in [0.5, 0.6) is 0 Å². The van der Waals surface area contributed by atoms with E-state index in [0.29, 0.717) is 5.56 Å². The maximum Gasteiger partial charge on any atom is 0.341 e. The predicted molar refractivity (Wildman–Crippen MR) is 87.3 cm³/mol. The van der Waals surface area contributed by atoms with Gasteiger partial charge in [-0.15, -0.1) is 0 Å². The first-order chi connectivity index (χ1) is 12.2. The highest BCUT2D eigenvalue weighted by Crippen LogP contribution is 2.15. The minimum atomic E-state index is -0.516. The first-order valence-electron chi connectivity index (χ1n) is 7.69. The molecule has 0 saturated carbocycles. The fourth-order valence-electron chi connectivity index (χ4n) is 2.23. The molecule has 0 aliphatic rings. The van der Waals surface area contributed by atoms with Crippen LogP contribution in [-0.4, -0.2) is 28.3 Å². The van der Waals surface area contributed by atoms with Crippen molar-refractivity contribution < 1.29 is 23.5 Å². The summed E-state index contributed by atoms with van der Waals surface area (Å²) in [5.41, 5.74) is 1.47. The molecular weight excluding hydrogens is 324 g/mol. The lowest BCUT2D eigenvalue weighted by molar-refractivity contribution is 0.0423. The van der Waals surface area contributed by atoms with E-state index in [9.17, 15) is 9.59 Å². The van der Waals surface area contributed by atoms with Crippen LogP contribution >= 0.6 is 0 Å². The van der Waals surface area contributed by atoms with Gasteiger partial charge in [-0.2, -0.15) is 5.10 Å². The molecule has 0 radical (unpaired) electrons. The minimum absolute atomic E-state index is 0.152. The van der Waals surface area contributed by atoms with E-state index in [2.05, 4.69) is 5.10 Å². The Balaban J connectivity index is 1.63. The fraction of sp³-hybridized carbons (Fsp3) is 0.167. The van der Waals surface area contributed by atoms with E-state index >= 15 is 0 Å². The lowest BCUT2D eigenvalue weighted by Crippen LogP contribution is -2.09. The van der Waals surface area contributed by atoms with Crippen molar-refractivity contribution in [1.29, 1.82) is 0 Å². The highest BCUT2D eigenvalue weighted by molar-refractivity contribution is 5.91. The van der Waals surface area contributed by atoms with Gasteiger partial charge in [0.05, 0.1) is 24.1 Å². The van der Waals surface area contributed by atoms with Crippen LogP contribution in [0.15, 0.2) is 59.5 Å². The second-order valence-corrected chi connectivity index (χ2v) is 5.05. The molecule has 0 atom stereocenters. The normalized spacial score (nSPS) is 10.4. The molecule has 2 aromatic heterocycles. The highest BCUT2D eigenvalue weighted by atomic mass is 16.5. The average molecular weight is 340 g/mol. The number of carbonyl (C=O) groups is 2. The van der Waals surface area contributed by atoms with Gasteiger partial charge in [-0.1, -0.05) is 0 Å². The molecule has 0 aliphatic heterocycles. The summed E-state index contributed by atoms with van der Waals surface area (Å²) in [5.74, 6) is -0.774. The summed E-state index contributed by atoms with van der Waals surface area (Å²) in [7, 11) is 0. The molecule has 0 amide bonds. The summed E-state index contributed by atoms with van der Waals surface area (Å²) < 4.78 is 17.0. The Morgan fingerprint density at radius 1 is 1.12 bits per heavy atom. The summed E-state index contributed by atoms with van der Waals surface area (Å²) in [4.78, 5) is 23.9. The van der Waals surface area contributed by atoms with Crippen molar-refractivity contribution >= 4 is 11.9 Å². The molecule has 1 aromatic carbocycles. The third-order valence-corrected chi connectivity index (χ3v) is 3.45. The van der Waals surface area contributed by atoms with Gasteiger partial charge in [0.2, 0.25) is 0 Å². The number of hydrogen-bond acceptors (Lipinski definition) is 6. The van der Waals surface area contributed by atoms with E-state index in [-0.39, 0.29) is 24.5 Å². The smallest absolute Gasteiger partial charge is 0.341 e. The SMILES string of the molecule is CCOC(=O)c1ccoc1COC(=O)c1ccc(-n2cccn2)cc1. The van der Waals surface area contributed by atoms with Crippen LogP contribution in [0.3, 0.4) is 0 Å². The Hall–Kier alpha value is -3.35. The third-order valence-electron chi connectivity index (χ3n) is 3.45. The number of carbonyl (C=O) groups excluding carboxylic acids is 2. The summed E-state index contributed by atoms with van der Waals surface area (Å²) in [5, 5.41) is 4.12. The maximum absolute atomic E-state index is 12.1. The number of esters is 2. The molecule has 0 unspecified atom stereocenters. The van der Waals surface area contributed by atoms with E-state index in [1.54, 1.807) is 48.3 Å². The van der Waals surface area contributed by atoms with Gasteiger partial charge in [-0.3, -0.25) is 0 Å². The van der Waals surface area contributed by atoms with Gasteiger partial charge < -0.3 is 13.9 Å². The summed E-state index contributed by atoms with van der Waals surface area (Å²) >= 11 is 0. The second-order valence-electron chi connectivity index (χ2n) is 5.05. The summed E-state index contributed by atoms with van der Waals surface area (Å²) in [6.45, 7) is 1.82. The van der Waals surface area contributed by atoms with E-state index in [1.165, 1.54) is 12.3 Å². The van der Waals surface area contributed by atoms with Crippen LogP contribution < -0.4 is 0 Å². The van der Waals surface area contributed by atoms with Gasteiger partial charge in [0.25, 0.3) is 0 Å². The quantitative estimate of drug-likeness (QED) is 0.642. The van der Waals surface area contributed by atoms with E-state index in [4.69, 9.17) is 13.9 Å². The van der Waals surface area contributed by atoms with Crippen molar-refractivity contribution in [2.45, 2.75) is 13.5 Å². The molecule has 0 aliphatic carbocycles. The number of ether oxygens (including phenoxy) is 2. The average Bonchev–Trinajstić information content (AvgIpc) is 3.31. The van der Waals surface area contributed by atoms with Crippen LogP contribution in [-0.2, 0) is 16.1 Å². The minimum Gasteiger partial charge on any atom is -0.465 e. The Bertz CT molecular complexity index is 850. The van der Waals surface area contributed by atoms with Gasteiger partial charge in [0.1, 0.15) is 5.56 Å². The second kappa shape index (κ2) is 7.48. The number of furan rings is 1. The monoisotopic (exact) mass is 340 g/mol. The lowest BCUT2D eigenvalue weighted by Gasteiger charge is -2.06. The zero-order chi connectivity index (χ0) is 17.6. The molecule has 0 N–H and O–H groups in total. The Morgan fingerprint density at radius 3 is 2.60 bits per heavy atom. The maximum atomic E-state index is 12.1. The number of benzene rings is 1. The first-order valence-corrected chi connectivity index (χ1v) is 7.69. The Kier molecular flexibility index (Phi) is 4.94. The molecule has 7 heteroatoms. The van der Waals surface area contributed by atoms with Crippen LogP contribution in [0.1, 0.15) is 33.4 Å². The van der Waals surface area contributed by atoms with Crippen molar-refractivity contribution in [3.8, 4) is 5.69 Å². The number of aromatic nitrogens is 2. The fourth-order valence-corrected chi connectivity index (χ4v) is 2.23. The van der Waals surface area contributed by atoms with Crippen molar-refractivity contribution in [2.24, 2.45) is 0 Å². The van der Waals surface area contributed by atoms with Gasteiger partial charge in [0, 0.05) is 12.4 Å². The molecule has 2 heterocycles. The topological polar surface area (TPSA) is 83.6 Å². The number of rotatable bonds is 6. The predicted octanol–water partition coefficient (Wildman–Crippen LogP) is 3.00. The molecule has 0 bridgehead atoms. The van der Waals surface area contributed by atoms with Gasteiger partial charge >= 0.3 is 11.9 Å². The molecule has 25 heavy (non-hydrogen) atoms. The zero-order valence-corrected chi connectivity index (χ0v) is 13.5. The van der Waals surface area contributed by atoms with Crippen LogP contribution in [0.4, 0.5) is 0 Å². The first kappa shape index (κ1) is 16.5. The molecule has 3 aromatic rings. The standard InChI is InChI=1S/C18H16N2O5/c1-2-23-18(22)15-8-11-24-16(15)12-25-17(21)13-4-6-14(7-5-13)20-10-3-9-19-20/h3-11H,2,12H2,1H3. The molecular formula is C18H16N2O5. The number of hydrogen-bond donors (Lipinski definition) is 0. The zero-order valence-electron chi connectivity index (χ0n) is 13.5. The number of nitrogens with zero attached hydrogens (tertiary/aromatic N) is 2. The van der Waals surface area contributed by atoms with Crippen molar-refractivity contribution in [3.05, 3.63) is 71.9 Å². The lowest BCUT2D eigenvalue weighted by atomic mass is 10.2. The van der Waals surface area contributed by atoms with Crippen molar-refractivity contribution in [2.75, 3.05) is 6.61 Å². The van der Waals surface area contributed by atoms with Crippen LogP contribution in [0, 0.1) is 0 Å². The van der Waals surface area contributed by atoms with Crippen molar-refractivity contribution in [3.63, 3.8) is 0 Å². The molecule has 0 fully saturated rings. The van der Waals surface area contributed by atoms with Crippen LogP contribution in [0.2, 0.25) is 0 Å². The third kappa shape index (κ3) is 3.77. The molecule has 0 spiro atoms. The molecule has 128 valence electrons. The Morgan fingerprint density at radius 2 is 1.92 bits per heavy atom. The summed E-state index contributed by atoms with van der Waals surface area (Å²) in [6.07, 6.45) is 4.84. The largest absolute Gasteiger partial charge is 0.465 e. The summed E-state index contributed by atoms with van der Waals surface area (Å²) in [6, 6.07) is 10.1. The Labute approximate surface area is 143 Å². The van der Waals surface area contributed by atoms with Crippen molar-refractivity contribution in [1.82, 2.24) is 9.78 Å². The molecule has 3 rings (SSSR count). The van der Waals surface area contributed by atoms with Gasteiger partial charge in [-0.05, 0) is 43.3 Å². The van der Waals surface area contributed by atoms with Gasteiger partial charge in [0.15, 0.2) is 12.4 Å².